The zero-order valence-electron chi connectivity index (χ0n) is 14.5. The second-order valence-corrected chi connectivity index (χ2v) is 6.10. The number of non-ortho nitro benzene ring substituents is 1. The molecule has 1 unspecified atom stereocenters. The van der Waals surface area contributed by atoms with Crippen LogP contribution in [0.3, 0.4) is 0 Å². The molecule has 0 aliphatic carbocycles. The number of hydrogen-bond donors (Lipinski definition) is 2. The van der Waals surface area contributed by atoms with Crippen LogP contribution in [0.15, 0.2) is 42.5 Å². The Morgan fingerprint density at radius 3 is 2.58 bits per heavy atom. The van der Waals surface area contributed by atoms with Crippen LogP contribution in [-0.4, -0.2) is 24.5 Å². The van der Waals surface area contributed by atoms with Crippen LogP contribution < -0.4 is 15.4 Å². The first-order valence-corrected chi connectivity index (χ1v) is 8.39. The van der Waals surface area contributed by atoms with Gasteiger partial charge in [0.2, 0.25) is 5.91 Å². The molecule has 0 fully saturated rings. The molecule has 0 aliphatic heterocycles. The van der Waals surface area contributed by atoms with Crippen LogP contribution >= 0.6 is 11.6 Å². The lowest BCUT2D eigenvalue weighted by Crippen LogP contribution is -2.24. The standard InChI is InChI=1S/C18H20ClN3O4/c1-12(13-3-5-14(19)6-4-13)20-10-9-18(23)21-16-11-15(22(24)25)7-8-17(16)26-2/h3-8,11-12,20H,9-10H2,1-2H3,(H,21,23). The molecular weight excluding hydrogens is 358 g/mol. The van der Waals surface area contributed by atoms with Crippen molar-refractivity contribution in [2.75, 3.05) is 19.0 Å². The molecule has 2 rings (SSSR count). The lowest BCUT2D eigenvalue weighted by molar-refractivity contribution is -0.384. The molecule has 138 valence electrons. The van der Waals surface area contributed by atoms with E-state index in [0.29, 0.717) is 17.3 Å². The van der Waals surface area contributed by atoms with Crippen LogP contribution in [0.5, 0.6) is 5.75 Å². The Hall–Kier alpha value is -2.64. The van der Waals surface area contributed by atoms with E-state index in [9.17, 15) is 14.9 Å². The molecule has 2 N–H and O–H groups in total. The van der Waals surface area contributed by atoms with Gasteiger partial charge in [-0.15, -0.1) is 0 Å². The molecule has 0 saturated heterocycles. The Bertz CT molecular complexity index is 781. The van der Waals surface area contributed by atoms with Crippen molar-refractivity contribution < 1.29 is 14.5 Å². The second-order valence-electron chi connectivity index (χ2n) is 5.67. The van der Waals surface area contributed by atoms with Gasteiger partial charge in [0, 0.05) is 36.2 Å². The van der Waals surface area contributed by atoms with E-state index in [4.69, 9.17) is 16.3 Å². The van der Waals surface area contributed by atoms with Crippen LogP contribution in [0, 0.1) is 10.1 Å². The van der Waals surface area contributed by atoms with Crippen LogP contribution in [0.2, 0.25) is 5.02 Å². The Morgan fingerprint density at radius 1 is 1.27 bits per heavy atom. The van der Waals surface area contributed by atoms with Gasteiger partial charge in [-0.05, 0) is 30.7 Å². The SMILES string of the molecule is COc1ccc([N+](=O)[O-])cc1NC(=O)CCNC(C)c1ccc(Cl)cc1. The molecule has 1 atom stereocenters. The summed E-state index contributed by atoms with van der Waals surface area (Å²) >= 11 is 5.87. The molecule has 0 bridgehead atoms. The van der Waals surface area contributed by atoms with Crippen molar-refractivity contribution in [2.24, 2.45) is 0 Å². The number of halogens is 1. The van der Waals surface area contributed by atoms with Gasteiger partial charge in [0.25, 0.3) is 5.69 Å². The fourth-order valence-corrected chi connectivity index (χ4v) is 2.52. The zero-order valence-corrected chi connectivity index (χ0v) is 15.2. The van der Waals surface area contributed by atoms with Crippen LogP contribution in [0.4, 0.5) is 11.4 Å². The van der Waals surface area contributed by atoms with E-state index < -0.39 is 4.92 Å². The monoisotopic (exact) mass is 377 g/mol. The molecule has 0 heterocycles. The van der Waals surface area contributed by atoms with Crippen molar-refractivity contribution in [3.8, 4) is 5.75 Å². The Labute approximate surface area is 156 Å². The summed E-state index contributed by atoms with van der Waals surface area (Å²) in [7, 11) is 1.44. The highest BCUT2D eigenvalue weighted by molar-refractivity contribution is 6.30. The van der Waals surface area contributed by atoms with Gasteiger partial charge in [-0.2, -0.15) is 0 Å². The summed E-state index contributed by atoms with van der Waals surface area (Å²) in [5.74, 6) is 0.103. The van der Waals surface area contributed by atoms with Gasteiger partial charge >= 0.3 is 0 Å². The first kappa shape index (κ1) is 19.7. The highest BCUT2D eigenvalue weighted by Crippen LogP contribution is 2.28. The van der Waals surface area contributed by atoms with Crippen molar-refractivity contribution in [1.82, 2.24) is 5.32 Å². The third kappa shape index (κ3) is 5.44. The van der Waals surface area contributed by atoms with Crippen molar-refractivity contribution in [2.45, 2.75) is 19.4 Å². The summed E-state index contributed by atoms with van der Waals surface area (Å²) in [4.78, 5) is 22.5. The minimum Gasteiger partial charge on any atom is -0.495 e. The molecule has 0 aromatic heterocycles. The predicted molar refractivity (Wildman–Crippen MR) is 101 cm³/mol. The zero-order chi connectivity index (χ0) is 19.1. The first-order chi connectivity index (χ1) is 12.4. The normalized spacial score (nSPS) is 11.7. The molecular formula is C18H20ClN3O4. The number of carbonyl (C=O) groups is 1. The third-order valence-electron chi connectivity index (χ3n) is 3.84. The molecule has 0 saturated carbocycles. The lowest BCUT2D eigenvalue weighted by atomic mass is 10.1. The number of ether oxygens (including phenoxy) is 1. The summed E-state index contributed by atoms with van der Waals surface area (Å²) in [6.07, 6.45) is 0.212. The molecule has 26 heavy (non-hydrogen) atoms. The smallest absolute Gasteiger partial charge is 0.271 e. The van der Waals surface area contributed by atoms with Crippen LogP contribution in [0.25, 0.3) is 0 Å². The average molecular weight is 378 g/mol. The molecule has 8 heteroatoms. The number of methoxy groups -OCH3 is 1. The van der Waals surface area contributed by atoms with E-state index in [1.165, 1.54) is 25.3 Å². The minimum absolute atomic E-state index is 0.0624. The highest BCUT2D eigenvalue weighted by Gasteiger charge is 2.14. The summed E-state index contributed by atoms with van der Waals surface area (Å²) in [5, 5.41) is 17.4. The van der Waals surface area contributed by atoms with Gasteiger partial charge in [-0.3, -0.25) is 14.9 Å². The molecule has 0 aliphatic rings. The lowest BCUT2D eigenvalue weighted by Gasteiger charge is -2.14. The molecule has 7 nitrogen and oxygen atoms in total. The highest BCUT2D eigenvalue weighted by atomic mass is 35.5. The number of nitrogens with one attached hydrogen (secondary N) is 2. The van der Waals surface area contributed by atoms with E-state index in [1.54, 1.807) is 0 Å². The van der Waals surface area contributed by atoms with Crippen molar-refractivity contribution >= 4 is 28.9 Å². The van der Waals surface area contributed by atoms with E-state index in [-0.39, 0.29) is 29.7 Å². The fourth-order valence-electron chi connectivity index (χ4n) is 2.39. The maximum absolute atomic E-state index is 12.1. The largest absolute Gasteiger partial charge is 0.495 e. The molecule has 2 aromatic carbocycles. The van der Waals surface area contributed by atoms with Crippen molar-refractivity contribution in [3.63, 3.8) is 0 Å². The van der Waals surface area contributed by atoms with Gasteiger partial charge in [0.05, 0.1) is 17.7 Å². The quantitative estimate of drug-likeness (QED) is 0.537. The number of benzene rings is 2. The second kappa shape index (κ2) is 9.17. The summed E-state index contributed by atoms with van der Waals surface area (Å²) in [5.41, 5.74) is 1.23. The van der Waals surface area contributed by atoms with Gasteiger partial charge in [0.15, 0.2) is 0 Å². The third-order valence-corrected chi connectivity index (χ3v) is 4.09. The number of nitrogens with zero attached hydrogens (tertiary/aromatic N) is 1. The van der Waals surface area contributed by atoms with Crippen LogP contribution in [0.1, 0.15) is 24.9 Å². The molecule has 0 spiro atoms. The number of carbonyl (C=O) groups excluding carboxylic acids is 1. The number of rotatable bonds is 8. The average Bonchev–Trinajstić information content (AvgIpc) is 2.62. The van der Waals surface area contributed by atoms with Gasteiger partial charge < -0.3 is 15.4 Å². The summed E-state index contributed by atoms with van der Waals surface area (Å²) in [6, 6.07) is 11.6. The van der Waals surface area contributed by atoms with E-state index >= 15 is 0 Å². The number of nitro groups is 1. The fraction of sp³-hybridized carbons (Fsp3) is 0.278. The van der Waals surface area contributed by atoms with E-state index in [1.807, 2.05) is 31.2 Å². The first-order valence-electron chi connectivity index (χ1n) is 8.02. The molecule has 1 amide bonds. The van der Waals surface area contributed by atoms with Crippen LogP contribution in [-0.2, 0) is 4.79 Å². The number of nitro benzene ring substituents is 1. The summed E-state index contributed by atoms with van der Waals surface area (Å²) < 4.78 is 5.13. The number of anilines is 1. The minimum atomic E-state index is -0.523. The van der Waals surface area contributed by atoms with Gasteiger partial charge in [-0.25, -0.2) is 0 Å². The summed E-state index contributed by atoms with van der Waals surface area (Å²) in [6.45, 7) is 2.44. The predicted octanol–water partition coefficient (Wildman–Crippen LogP) is 3.94. The number of hydrogen-bond acceptors (Lipinski definition) is 5. The van der Waals surface area contributed by atoms with Crippen molar-refractivity contribution in [1.29, 1.82) is 0 Å². The maximum Gasteiger partial charge on any atom is 0.271 e. The molecule has 2 aromatic rings. The molecule has 0 radical (unpaired) electrons. The maximum atomic E-state index is 12.1. The Balaban J connectivity index is 1.89. The van der Waals surface area contributed by atoms with Gasteiger partial charge in [-0.1, -0.05) is 23.7 Å². The van der Waals surface area contributed by atoms with Crippen molar-refractivity contribution in [3.05, 3.63) is 63.2 Å². The Morgan fingerprint density at radius 2 is 1.96 bits per heavy atom. The van der Waals surface area contributed by atoms with E-state index in [0.717, 1.165) is 5.56 Å². The Kier molecular flexibility index (Phi) is 6.94. The van der Waals surface area contributed by atoms with Gasteiger partial charge in [0.1, 0.15) is 5.75 Å². The van der Waals surface area contributed by atoms with E-state index in [2.05, 4.69) is 10.6 Å². The topological polar surface area (TPSA) is 93.5 Å². The number of amides is 1.